The molecule has 1 saturated heterocycles. The number of hydrogen-bond acceptors (Lipinski definition) is 6. The van der Waals surface area contributed by atoms with E-state index in [1.165, 1.54) is 7.11 Å². The molecule has 0 radical (unpaired) electrons. The molecule has 25 heavy (non-hydrogen) atoms. The van der Waals surface area contributed by atoms with Crippen molar-refractivity contribution in [2.75, 3.05) is 38.2 Å². The topological polar surface area (TPSA) is 72.0 Å². The van der Waals surface area contributed by atoms with Crippen LogP contribution in [0.15, 0.2) is 12.1 Å². The molecule has 140 valence electrons. The van der Waals surface area contributed by atoms with Crippen LogP contribution in [0.2, 0.25) is 0 Å². The highest BCUT2D eigenvalue weighted by Gasteiger charge is 2.26. The maximum Gasteiger partial charge on any atom is 0.410 e. The zero-order valence-electron chi connectivity index (χ0n) is 16.0. The van der Waals surface area contributed by atoms with Crippen LogP contribution in [0.5, 0.6) is 0 Å². The maximum atomic E-state index is 12.0. The highest BCUT2D eigenvalue weighted by atomic mass is 16.6. The van der Waals surface area contributed by atoms with E-state index in [4.69, 9.17) is 9.53 Å². The number of methoxy groups -OCH3 is 1. The van der Waals surface area contributed by atoms with Crippen molar-refractivity contribution in [2.45, 2.75) is 40.2 Å². The third-order valence-corrected chi connectivity index (χ3v) is 3.57. The van der Waals surface area contributed by atoms with Gasteiger partial charge in [-0.3, -0.25) is 9.78 Å². The van der Waals surface area contributed by atoms with E-state index >= 15 is 0 Å². The van der Waals surface area contributed by atoms with Gasteiger partial charge in [-0.05, 0) is 46.8 Å². The SMILES string of the molecule is COC=O.Cc1ccc(N2CCN(C(=O)OC(C)(C)C)CC2)c(C)n1. The van der Waals surface area contributed by atoms with Gasteiger partial charge in [-0.25, -0.2) is 4.79 Å². The molecule has 1 amide bonds. The van der Waals surface area contributed by atoms with Gasteiger partial charge in [-0.2, -0.15) is 0 Å². The number of hydrogen-bond donors (Lipinski definition) is 0. The Hall–Kier alpha value is -2.31. The summed E-state index contributed by atoms with van der Waals surface area (Å²) in [6.45, 7) is 13.1. The van der Waals surface area contributed by atoms with E-state index in [0.29, 0.717) is 19.6 Å². The minimum Gasteiger partial charge on any atom is -0.471 e. The standard InChI is InChI=1S/C16H25N3O2.C2H4O2/c1-12-6-7-14(13(2)17-12)18-8-10-19(11-9-18)15(20)21-16(3,4)5;1-4-2-3/h6-7H,8-11H2,1-5H3;2H,1H3. The van der Waals surface area contributed by atoms with Crippen LogP contribution in [-0.4, -0.2) is 61.3 Å². The maximum absolute atomic E-state index is 12.0. The van der Waals surface area contributed by atoms with Crippen molar-refractivity contribution in [1.82, 2.24) is 9.88 Å². The first-order valence-corrected chi connectivity index (χ1v) is 8.31. The van der Waals surface area contributed by atoms with Gasteiger partial charge in [0, 0.05) is 31.9 Å². The van der Waals surface area contributed by atoms with Crippen molar-refractivity contribution < 1.29 is 19.1 Å². The van der Waals surface area contributed by atoms with Gasteiger partial charge in [0.05, 0.1) is 18.5 Å². The average Bonchev–Trinajstić information content (AvgIpc) is 2.54. The summed E-state index contributed by atoms with van der Waals surface area (Å²) in [6, 6.07) is 4.14. The Morgan fingerprint density at radius 1 is 1.16 bits per heavy atom. The molecular weight excluding hydrogens is 322 g/mol. The van der Waals surface area contributed by atoms with Crippen LogP contribution < -0.4 is 4.90 Å². The van der Waals surface area contributed by atoms with Gasteiger partial charge in [0.15, 0.2) is 0 Å². The lowest BCUT2D eigenvalue weighted by molar-refractivity contribution is -0.126. The van der Waals surface area contributed by atoms with E-state index in [1.807, 2.05) is 40.7 Å². The molecule has 1 aliphatic heterocycles. The van der Waals surface area contributed by atoms with Crippen molar-refractivity contribution in [3.05, 3.63) is 23.5 Å². The van der Waals surface area contributed by atoms with E-state index in [9.17, 15) is 4.79 Å². The molecular formula is C18H29N3O4. The van der Waals surface area contributed by atoms with E-state index in [2.05, 4.69) is 20.7 Å². The Bertz CT molecular complexity index is 576. The Balaban J connectivity index is 0.000000705. The number of piperazine rings is 1. The molecule has 0 atom stereocenters. The number of anilines is 1. The molecule has 0 aliphatic carbocycles. The van der Waals surface area contributed by atoms with Gasteiger partial charge in [-0.1, -0.05) is 0 Å². The van der Waals surface area contributed by atoms with Gasteiger partial charge in [-0.15, -0.1) is 0 Å². The quantitative estimate of drug-likeness (QED) is 0.763. The van der Waals surface area contributed by atoms with E-state index in [1.54, 1.807) is 4.90 Å². The fourth-order valence-electron chi connectivity index (χ4n) is 2.47. The third-order valence-electron chi connectivity index (χ3n) is 3.57. The van der Waals surface area contributed by atoms with Gasteiger partial charge in [0.2, 0.25) is 0 Å². The number of aryl methyl sites for hydroxylation is 2. The first-order valence-electron chi connectivity index (χ1n) is 8.31. The summed E-state index contributed by atoms with van der Waals surface area (Å²) >= 11 is 0. The van der Waals surface area contributed by atoms with Crippen LogP contribution >= 0.6 is 0 Å². The summed E-state index contributed by atoms with van der Waals surface area (Å²) in [7, 11) is 1.31. The number of carbonyl (C=O) groups is 2. The number of ether oxygens (including phenoxy) is 2. The second-order valence-electron chi connectivity index (χ2n) is 6.84. The lowest BCUT2D eigenvalue weighted by atomic mass is 10.2. The molecule has 0 N–H and O–H groups in total. The van der Waals surface area contributed by atoms with Crippen molar-refractivity contribution in [3.8, 4) is 0 Å². The zero-order valence-corrected chi connectivity index (χ0v) is 16.0. The minimum absolute atomic E-state index is 0.221. The van der Waals surface area contributed by atoms with Gasteiger partial charge < -0.3 is 19.3 Å². The first kappa shape index (κ1) is 20.7. The Morgan fingerprint density at radius 3 is 2.16 bits per heavy atom. The normalized spacial score (nSPS) is 14.3. The zero-order chi connectivity index (χ0) is 19.0. The molecule has 1 aromatic heterocycles. The van der Waals surface area contributed by atoms with E-state index in [-0.39, 0.29) is 6.09 Å². The minimum atomic E-state index is -0.439. The number of aromatic nitrogens is 1. The summed E-state index contributed by atoms with van der Waals surface area (Å²) in [5.41, 5.74) is 2.79. The number of amides is 1. The van der Waals surface area contributed by atoms with Gasteiger partial charge in [0.1, 0.15) is 5.60 Å². The Kier molecular flexibility index (Phi) is 7.67. The Morgan fingerprint density at radius 2 is 1.72 bits per heavy atom. The summed E-state index contributed by atoms with van der Waals surface area (Å²) in [4.78, 5) is 29.6. The summed E-state index contributed by atoms with van der Waals surface area (Å²) in [5.74, 6) is 0. The lowest BCUT2D eigenvalue weighted by Crippen LogP contribution is -2.50. The van der Waals surface area contributed by atoms with Crippen molar-refractivity contribution >= 4 is 18.3 Å². The molecule has 2 rings (SSSR count). The van der Waals surface area contributed by atoms with Crippen LogP contribution in [0.4, 0.5) is 10.5 Å². The molecule has 0 spiro atoms. The molecule has 1 aromatic rings. The fourth-order valence-corrected chi connectivity index (χ4v) is 2.47. The number of nitrogens with zero attached hydrogens (tertiary/aromatic N) is 3. The highest BCUT2D eigenvalue weighted by molar-refractivity contribution is 5.68. The molecule has 0 bridgehead atoms. The van der Waals surface area contributed by atoms with E-state index < -0.39 is 5.60 Å². The number of carbonyl (C=O) groups excluding carboxylic acids is 2. The van der Waals surface area contributed by atoms with Crippen molar-refractivity contribution in [3.63, 3.8) is 0 Å². The molecule has 7 nitrogen and oxygen atoms in total. The molecule has 0 aromatic carbocycles. The molecule has 1 fully saturated rings. The van der Waals surface area contributed by atoms with Gasteiger partial charge >= 0.3 is 6.09 Å². The molecule has 0 saturated carbocycles. The van der Waals surface area contributed by atoms with Crippen LogP contribution in [0.25, 0.3) is 0 Å². The van der Waals surface area contributed by atoms with Crippen molar-refractivity contribution in [2.24, 2.45) is 0 Å². The fraction of sp³-hybridized carbons (Fsp3) is 0.611. The summed E-state index contributed by atoms with van der Waals surface area (Å²) in [5, 5.41) is 0. The first-order chi connectivity index (χ1) is 11.7. The Labute approximate surface area is 149 Å². The van der Waals surface area contributed by atoms with Crippen LogP contribution in [0, 0.1) is 13.8 Å². The van der Waals surface area contributed by atoms with Crippen molar-refractivity contribution in [1.29, 1.82) is 0 Å². The number of pyridine rings is 1. The second-order valence-corrected chi connectivity index (χ2v) is 6.84. The summed E-state index contributed by atoms with van der Waals surface area (Å²) in [6.07, 6.45) is -0.221. The number of rotatable bonds is 2. The second kappa shape index (κ2) is 9.25. The largest absolute Gasteiger partial charge is 0.471 e. The smallest absolute Gasteiger partial charge is 0.410 e. The predicted molar refractivity (Wildman–Crippen MR) is 96.8 cm³/mol. The van der Waals surface area contributed by atoms with Gasteiger partial charge in [0.25, 0.3) is 6.47 Å². The predicted octanol–water partition coefficient (Wildman–Crippen LogP) is 2.54. The van der Waals surface area contributed by atoms with Crippen LogP contribution in [-0.2, 0) is 14.3 Å². The van der Waals surface area contributed by atoms with Crippen LogP contribution in [0.1, 0.15) is 32.2 Å². The molecule has 1 aliphatic rings. The molecule has 0 unspecified atom stereocenters. The lowest BCUT2D eigenvalue weighted by Gasteiger charge is -2.37. The highest BCUT2D eigenvalue weighted by Crippen LogP contribution is 2.21. The van der Waals surface area contributed by atoms with Crippen LogP contribution in [0.3, 0.4) is 0 Å². The molecule has 2 heterocycles. The summed E-state index contributed by atoms with van der Waals surface area (Å²) < 4.78 is 9.27. The van der Waals surface area contributed by atoms with E-state index in [0.717, 1.165) is 30.2 Å². The average molecular weight is 351 g/mol. The third kappa shape index (κ3) is 6.99. The monoisotopic (exact) mass is 351 g/mol. The molecule has 7 heteroatoms.